The summed E-state index contributed by atoms with van der Waals surface area (Å²) in [5, 5.41) is 0. The van der Waals surface area contributed by atoms with Gasteiger partial charge in [-0.25, -0.2) is 0 Å². The van der Waals surface area contributed by atoms with E-state index < -0.39 is 5.66 Å². The Balaban J connectivity index is 2.38. The molecule has 0 fully saturated rings. The van der Waals surface area contributed by atoms with Crippen LogP contribution in [-0.4, -0.2) is 9.97 Å². The standard InChI is InChI=1S/C9H12N6/c10-5-1-3-7(14-5)8-4(9(3,12)13)2-6(11)15-8/h1-2,14-15H,10-13H2. The number of aromatic amines is 2. The summed E-state index contributed by atoms with van der Waals surface area (Å²) in [6.07, 6.45) is 0. The van der Waals surface area contributed by atoms with Crippen molar-refractivity contribution < 1.29 is 0 Å². The van der Waals surface area contributed by atoms with Crippen LogP contribution in [0.5, 0.6) is 0 Å². The quantitative estimate of drug-likeness (QED) is 0.325. The lowest BCUT2D eigenvalue weighted by Gasteiger charge is -2.18. The third-order valence-corrected chi connectivity index (χ3v) is 2.82. The predicted octanol–water partition coefficient (Wildman–Crippen LogP) is -0.394. The van der Waals surface area contributed by atoms with Crippen LogP contribution in [0.1, 0.15) is 11.1 Å². The molecule has 1 aliphatic carbocycles. The number of nitrogen functional groups attached to an aromatic ring is 2. The van der Waals surface area contributed by atoms with Crippen LogP contribution in [-0.2, 0) is 5.66 Å². The molecule has 2 heterocycles. The van der Waals surface area contributed by atoms with Crippen LogP contribution in [0.15, 0.2) is 12.1 Å². The van der Waals surface area contributed by atoms with Gasteiger partial charge in [-0.3, -0.25) is 0 Å². The first kappa shape index (κ1) is 8.39. The van der Waals surface area contributed by atoms with Gasteiger partial charge in [0.25, 0.3) is 0 Å². The molecule has 0 bridgehead atoms. The average Bonchev–Trinajstić information content (AvgIpc) is 2.72. The van der Waals surface area contributed by atoms with Crippen molar-refractivity contribution >= 4 is 11.6 Å². The predicted molar refractivity (Wildman–Crippen MR) is 58.6 cm³/mol. The van der Waals surface area contributed by atoms with E-state index in [1.165, 1.54) is 0 Å². The number of hydrogen-bond donors (Lipinski definition) is 6. The van der Waals surface area contributed by atoms with Crippen LogP contribution >= 0.6 is 0 Å². The number of rotatable bonds is 0. The van der Waals surface area contributed by atoms with E-state index in [4.69, 9.17) is 22.9 Å². The van der Waals surface area contributed by atoms with Crippen LogP contribution < -0.4 is 22.9 Å². The molecular formula is C9H12N6. The van der Waals surface area contributed by atoms with Crippen molar-refractivity contribution in [2.45, 2.75) is 5.66 Å². The Labute approximate surface area is 85.6 Å². The highest BCUT2D eigenvalue weighted by molar-refractivity contribution is 5.79. The molecule has 0 atom stereocenters. The largest absolute Gasteiger partial charge is 0.385 e. The molecule has 6 heteroatoms. The van der Waals surface area contributed by atoms with Gasteiger partial charge in [0, 0.05) is 11.1 Å². The van der Waals surface area contributed by atoms with Crippen molar-refractivity contribution in [2.75, 3.05) is 11.5 Å². The van der Waals surface area contributed by atoms with Crippen molar-refractivity contribution in [3.8, 4) is 11.4 Å². The van der Waals surface area contributed by atoms with Gasteiger partial charge in [-0.2, -0.15) is 0 Å². The summed E-state index contributed by atoms with van der Waals surface area (Å²) in [6.45, 7) is 0. The zero-order valence-electron chi connectivity index (χ0n) is 7.96. The zero-order valence-corrected chi connectivity index (χ0v) is 7.96. The van der Waals surface area contributed by atoms with Gasteiger partial charge in [0.1, 0.15) is 17.3 Å². The molecule has 0 amide bonds. The maximum atomic E-state index is 6.05. The van der Waals surface area contributed by atoms with E-state index in [0.717, 1.165) is 22.5 Å². The molecule has 2 aromatic rings. The van der Waals surface area contributed by atoms with Gasteiger partial charge in [0.05, 0.1) is 11.4 Å². The van der Waals surface area contributed by atoms with Crippen LogP contribution in [0.25, 0.3) is 11.4 Å². The summed E-state index contributed by atoms with van der Waals surface area (Å²) in [5.41, 5.74) is 25.6. The molecule has 0 saturated heterocycles. The number of anilines is 2. The minimum atomic E-state index is -1.02. The van der Waals surface area contributed by atoms with Crippen LogP contribution in [0.3, 0.4) is 0 Å². The van der Waals surface area contributed by atoms with E-state index in [1.807, 2.05) is 0 Å². The Bertz CT molecular complexity index is 499. The van der Waals surface area contributed by atoms with Crippen LogP contribution in [0.2, 0.25) is 0 Å². The Morgan fingerprint density at radius 1 is 0.867 bits per heavy atom. The second-order valence-electron chi connectivity index (χ2n) is 3.90. The fraction of sp³-hybridized carbons (Fsp3) is 0.111. The SMILES string of the molecule is Nc1cc2c([nH]1)-c1[nH]c(N)cc1C2(N)N. The summed E-state index contributed by atoms with van der Waals surface area (Å²) in [7, 11) is 0. The van der Waals surface area contributed by atoms with Crippen molar-refractivity contribution in [3.63, 3.8) is 0 Å². The Morgan fingerprint density at radius 2 is 1.27 bits per heavy atom. The Kier molecular flexibility index (Phi) is 1.22. The summed E-state index contributed by atoms with van der Waals surface area (Å²) in [5.74, 6) is 1.08. The van der Waals surface area contributed by atoms with Crippen LogP contribution in [0, 0.1) is 0 Å². The molecule has 0 saturated carbocycles. The molecule has 78 valence electrons. The molecule has 2 aromatic heterocycles. The normalized spacial score (nSPS) is 16.4. The van der Waals surface area contributed by atoms with E-state index in [0.29, 0.717) is 11.6 Å². The molecule has 0 spiro atoms. The van der Waals surface area contributed by atoms with E-state index >= 15 is 0 Å². The maximum Gasteiger partial charge on any atom is 0.121 e. The van der Waals surface area contributed by atoms with Gasteiger partial charge in [-0.1, -0.05) is 0 Å². The van der Waals surface area contributed by atoms with Gasteiger partial charge in [-0.15, -0.1) is 0 Å². The zero-order chi connectivity index (χ0) is 10.8. The molecule has 0 aromatic carbocycles. The number of nitrogens with two attached hydrogens (primary N) is 4. The molecule has 0 aliphatic heterocycles. The Morgan fingerprint density at radius 3 is 1.67 bits per heavy atom. The average molecular weight is 204 g/mol. The lowest BCUT2D eigenvalue weighted by atomic mass is 10.0. The second kappa shape index (κ2) is 2.18. The molecule has 3 rings (SSSR count). The van der Waals surface area contributed by atoms with Gasteiger partial charge >= 0.3 is 0 Å². The number of nitrogens with one attached hydrogen (secondary N) is 2. The first-order chi connectivity index (χ1) is 7.00. The van der Waals surface area contributed by atoms with Crippen molar-refractivity contribution in [1.82, 2.24) is 9.97 Å². The monoisotopic (exact) mass is 204 g/mol. The molecule has 0 radical (unpaired) electrons. The van der Waals surface area contributed by atoms with E-state index in [9.17, 15) is 0 Å². The van der Waals surface area contributed by atoms with Crippen molar-refractivity contribution in [2.24, 2.45) is 11.5 Å². The molecule has 0 unspecified atom stereocenters. The Hall–Kier alpha value is -1.92. The lowest BCUT2D eigenvalue weighted by Crippen LogP contribution is -2.44. The molecule has 10 N–H and O–H groups in total. The summed E-state index contributed by atoms with van der Waals surface area (Å²) in [4.78, 5) is 6.03. The van der Waals surface area contributed by atoms with E-state index in [1.54, 1.807) is 12.1 Å². The highest BCUT2D eigenvalue weighted by atomic mass is 15.0. The van der Waals surface area contributed by atoms with Gasteiger partial charge in [0.15, 0.2) is 0 Å². The first-order valence-electron chi connectivity index (χ1n) is 4.56. The summed E-state index contributed by atoms with van der Waals surface area (Å²) < 4.78 is 0. The van der Waals surface area contributed by atoms with E-state index in [-0.39, 0.29) is 0 Å². The number of fused-ring (bicyclic) bond motifs is 3. The molecule has 1 aliphatic rings. The highest BCUT2D eigenvalue weighted by Crippen LogP contribution is 2.44. The summed E-state index contributed by atoms with van der Waals surface area (Å²) >= 11 is 0. The molecular weight excluding hydrogens is 192 g/mol. The van der Waals surface area contributed by atoms with Crippen molar-refractivity contribution in [1.29, 1.82) is 0 Å². The highest BCUT2D eigenvalue weighted by Gasteiger charge is 2.40. The lowest BCUT2D eigenvalue weighted by molar-refractivity contribution is 0.586. The van der Waals surface area contributed by atoms with Gasteiger partial charge < -0.3 is 32.9 Å². The number of aromatic nitrogens is 2. The minimum absolute atomic E-state index is 0.541. The third kappa shape index (κ3) is 0.846. The minimum Gasteiger partial charge on any atom is -0.385 e. The van der Waals surface area contributed by atoms with Crippen molar-refractivity contribution in [3.05, 3.63) is 23.3 Å². The third-order valence-electron chi connectivity index (χ3n) is 2.82. The van der Waals surface area contributed by atoms with Crippen LogP contribution in [0.4, 0.5) is 11.6 Å². The fourth-order valence-corrected chi connectivity index (χ4v) is 2.14. The smallest absolute Gasteiger partial charge is 0.121 e. The topological polar surface area (TPSA) is 136 Å². The first-order valence-corrected chi connectivity index (χ1v) is 4.56. The number of hydrogen-bond acceptors (Lipinski definition) is 4. The summed E-state index contributed by atoms with van der Waals surface area (Å²) in [6, 6.07) is 3.50. The van der Waals surface area contributed by atoms with Gasteiger partial charge in [-0.05, 0) is 12.1 Å². The number of H-pyrrole nitrogens is 2. The molecule has 15 heavy (non-hydrogen) atoms. The maximum absolute atomic E-state index is 6.05. The fourth-order valence-electron chi connectivity index (χ4n) is 2.14. The molecule has 6 nitrogen and oxygen atoms in total. The second-order valence-corrected chi connectivity index (χ2v) is 3.90. The van der Waals surface area contributed by atoms with E-state index in [2.05, 4.69) is 9.97 Å². The van der Waals surface area contributed by atoms with Gasteiger partial charge in [0.2, 0.25) is 0 Å².